The maximum absolute atomic E-state index is 3.90. The van der Waals surface area contributed by atoms with E-state index in [1.165, 1.54) is 5.69 Å². The van der Waals surface area contributed by atoms with Crippen LogP contribution in [-0.2, 0) is 0 Å². The van der Waals surface area contributed by atoms with Crippen molar-refractivity contribution in [3.8, 4) is 0 Å². The Bertz CT molecular complexity index is 298. The van der Waals surface area contributed by atoms with Crippen molar-refractivity contribution >= 4 is 5.69 Å². The molecule has 2 aromatic rings. The standard InChI is InChI=1S/C7H10N2.C3H4N2/c1-9(2)7-3-5-8-6-4-7;1-2-4-5-3-1/h3-6H,1-2H3;1-3H,(H,4,5). The molecule has 2 heterocycles. The lowest BCUT2D eigenvalue weighted by atomic mass is 10.4. The van der Waals surface area contributed by atoms with Gasteiger partial charge in [0.15, 0.2) is 0 Å². The second kappa shape index (κ2) is 5.75. The Balaban J connectivity index is 0.000000165. The summed E-state index contributed by atoms with van der Waals surface area (Å²) >= 11 is 0. The minimum atomic E-state index is 1.19. The van der Waals surface area contributed by atoms with E-state index in [9.17, 15) is 0 Å². The summed E-state index contributed by atoms with van der Waals surface area (Å²) in [4.78, 5) is 5.94. The minimum absolute atomic E-state index is 1.19. The van der Waals surface area contributed by atoms with E-state index < -0.39 is 0 Å². The first kappa shape index (κ1) is 10.2. The molecular formula is C10H14N4. The highest BCUT2D eigenvalue weighted by atomic mass is 15.1. The van der Waals surface area contributed by atoms with Crippen molar-refractivity contribution in [3.63, 3.8) is 0 Å². The van der Waals surface area contributed by atoms with E-state index in [-0.39, 0.29) is 0 Å². The molecule has 14 heavy (non-hydrogen) atoms. The summed E-state index contributed by atoms with van der Waals surface area (Å²) in [6.45, 7) is 0. The van der Waals surface area contributed by atoms with Gasteiger partial charge in [0.2, 0.25) is 0 Å². The molecule has 0 fully saturated rings. The lowest BCUT2D eigenvalue weighted by Crippen LogP contribution is -2.07. The number of pyridine rings is 1. The lowest BCUT2D eigenvalue weighted by Gasteiger charge is -2.10. The van der Waals surface area contributed by atoms with Crippen LogP contribution in [0.25, 0.3) is 0 Å². The number of rotatable bonds is 1. The van der Waals surface area contributed by atoms with Crippen molar-refractivity contribution < 1.29 is 0 Å². The van der Waals surface area contributed by atoms with Crippen LogP contribution in [0.5, 0.6) is 0 Å². The van der Waals surface area contributed by atoms with Crippen LogP contribution in [0.1, 0.15) is 0 Å². The van der Waals surface area contributed by atoms with E-state index in [0.29, 0.717) is 0 Å². The smallest absolute Gasteiger partial charge is 0.0487 e. The van der Waals surface area contributed by atoms with Crippen LogP contribution in [0, 0.1) is 0 Å². The van der Waals surface area contributed by atoms with Crippen molar-refractivity contribution in [2.45, 2.75) is 0 Å². The SMILES string of the molecule is CN(C)c1ccncc1.c1cn[nH]c1. The molecule has 0 aliphatic rings. The van der Waals surface area contributed by atoms with E-state index in [1.807, 2.05) is 37.2 Å². The van der Waals surface area contributed by atoms with Crippen LogP contribution in [-0.4, -0.2) is 29.3 Å². The van der Waals surface area contributed by atoms with Gasteiger partial charge in [0.25, 0.3) is 0 Å². The molecule has 0 saturated carbocycles. The average molecular weight is 190 g/mol. The van der Waals surface area contributed by atoms with E-state index in [0.717, 1.165) is 0 Å². The Morgan fingerprint density at radius 3 is 2.14 bits per heavy atom. The van der Waals surface area contributed by atoms with Gasteiger partial charge >= 0.3 is 0 Å². The molecule has 0 unspecified atom stereocenters. The molecule has 74 valence electrons. The van der Waals surface area contributed by atoms with E-state index in [1.54, 1.807) is 24.8 Å². The van der Waals surface area contributed by atoms with Gasteiger partial charge in [-0.05, 0) is 18.2 Å². The van der Waals surface area contributed by atoms with Gasteiger partial charge in [-0.3, -0.25) is 10.1 Å². The molecular weight excluding hydrogens is 176 g/mol. The molecule has 0 amide bonds. The summed E-state index contributed by atoms with van der Waals surface area (Å²) in [5.41, 5.74) is 1.19. The first-order chi connectivity index (χ1) is 6.80. The van der Waals surface area contributed by atoms with Crippen molar-refractivity contribution in [1.82, 2.24) is 15.2 Å². The molecule has 2 aromatic heterocycles. The number of H-pyrrole nitrogens is 1. The van der Waals surface area contributed by atoms with Crippen LogP contribution in [0.3, 0.4) is 0 Å². The molecule has 0 aromatic carbocycles. The zero-order valence-electron chi connectivity index (χ0n) is 8.38. The Morgan fingerprint density at radius 1 is 1.14 bits per heavy atom. The zero-order chi connectivity index (χ0) is 10.2. The summed E-state index contributed by atoms with van der Waals surface area (Å²) < 4.78 is 0. The third-order valence-electron chi connectivity index (χ3n) is 1.59. The number of nitrogens with zero attached hydrogens (tertiary/aromatic N) is 3. The van der Waals surface area contributed by atoms with Gasteiger partial charge in [-0.25, -0.2) is 0 Å². The maximum atomic E-state index is 3.90. The highest BCUT2D eigenvalue weighted by molar-refractivity contribution is 5.42. The summed E-state index contributed by atoms with van der Waals surface area (Å²) in [6, 6.07) is 5.78. The number of aromatic amines is 1. The largest absolute Gasteiger partial charge is 0.378 e. The Kier molecular flexibility index (Phi) is 4.20. The fourth-order valence-corrected chi connectivity index (χ4v) is 0.857. The first-order valence-electron chi connectivity index (χ1n) is 4.32. The van der Waals surface area contributed by atoms with Crippen LogP contribution in [0.4, 0.5) is 5.69 Å². The Hall–Kier alpha value is -1.84. The molecule has 0 saturated heterocycles. The van der Waals surface area contributed by atoms with Crippen molar-refractivity contribution in [2.75, 3.05) is 19.0 Å². The third kappa shape index (κ3) is 3.71. The second-order valence-electron chi connectivity index (χ2n) is 2.87. The van der Waals surface area contributed by atoms with Crippen LogP contribution in [0.15, 0.2) is 43.0 Å². The van der Waals surface area contributed by atoms with Crippen molar-refractivity contribution in [1.29, 1.82) is 0 Å². The van der Waals surface area contributed by atoms with Gasteiger partial charge in [-0.1, -0.05) is 0 Å². The van der Waals surface area contributed by atoms with Gasteiger partial charge in [-0.2, -0.15) is 5.10 Å². The van der Waals surface area contributed by atoms with Gasteiger partial charge in [0.1, 0.15) is 0 Å². The van der Waals surface area contributed by atoms with Gasteiger partial charge in [-0.15, -0.1) is 0 Å². The molecule has 0 spiro atoms. The molecule has 0 aliphatic carbocycles. The summed E-state index contributed by atoms with van der Waals surface area (Å²) in [5.74, 6) is 0. The monoisotopic (exact) mass is 190 g/mol. The Morgan fingerprint density at radius 2 is 1.86 bits per heavy atom. The van der Waals surface area contributed by atoms with Gasteiger partial charge < -0.3 is 4.90 Å². The van der Waals surface area contributed by atoms with Crippen LogP contribution < -0.4 is 4.90 Å². The average Bonchev–Trinajstić information content (AvgIpc) is 2.77. The molecule has 0 aliphatic heterocycles. The molecule has 0 bridgehead atoms. The molecule has 2 rings (SSSR count). The van der Waals surface area contributed by atoms with E-state index in [4.69, 9.17) is 0 Å². The number of nitrogens with one attached hydrogen (secondary N) is 1. The van der Waals surface area contributed by atoms with Crippen LogP contribution >= 0.6 is 0 Å². The van der Waals surface area contributed by atoms with Crippen molar-refractivity contribution in [3.05, 3.63) is 43.0 Å². The Labute approximate surface area is 83.6 Å². The fourth-order valence-electron chi connectivity index (χ4n) is 0.857. The van der Waals surface area contributed by atoms with E-state index >= 15 is 0 Å². The third-order valence-corrected chi connectivity index (χ3v) is 1.59. The summed E-state index contributed by atoms with van der Waals surface area (Å²) in [7, 11) is 4.02. The quantitative estimate of drug-likeness (QED) is 0.742. The fraction of sp³-hybridized carbons (Fsp3) is 0.200. The zero-order valence-corrected chi connectivity index (χ0v) is 8.38. The lowest BCUT2D eigenvalue weighted by molar-refractivity contribution is 1.09. The van der Waals surface area contributed by atoms with Crippen molar-refractivity contribution in [2.24, 2.45) is 0 Å². The topological polar surface area (TPSA) is 44.8 Å². The predicted octanol–water partition coefficient (Wildman–Crippen LogP) is 1.56. The number of anilines is 1. The first-order valence-corrected chi connectivity index (χ1v) is 4.32. The minimum Gasteiger partial charge on any atom is -0.378 e. The predicted molar refractivity (Wildman–Crippen MR) is 57.2 cm³/mol. The summed E-state index contributed by atoms with van der Waals surface area (Å²) in [5, 5.41) is 6.21. The highest BCUT2D eigenvalue weighted by Crippen LogP contribution is 2.05. The molecule has 4 heteroatoms. The molecule has 1 N–H and O–H groups in total. The molecule has 4 nitrogen and oxygen atoms in total. The molecule has 0 radical (unpaired) electrons. The van der Waals surface area contributed by atoms with Crippen LogP contribution in [0.2, 0.25) is 0 Å². The normalized spacial score (nSPS) is 8.71. The second-order valence-corrected chi connectivity index (χ2v) is 2.87. The maximum Gasteiger partial charge on any atom is 0.0487 e. The number of hydrogen-bond acceptors (Lipinski definition) is 3. The summed E-state index contributed by atoms with van der Waals surface area (Å²) in [6.07, 6.45) is 7.03. The number of hydrogen-bond donors (Lipinski definition) is 1. The van der Waals surface area contributed by atoms with E-state index in [2.05, 4.69) is 15.2 Å². The number of aromatic nitrogens is 3. The molecule has 0 atom stereocenters. The van der Waals surface area contributed by atoms with Gasteiger partial charge in [0.05, 0.1) is 0 Å². The highest BCUT2D eigenvalue weighted by Gasteiger charge is 1.88. The van der Waals surface area contributed by atoms with Gasteiger partial charge in [0, 0.05) is 44.6 Å².